The van der Waals surface area contributed by atoms with Crippen molar-refractivity contribution in [2.24, 2.45) is 0 Å². The summed E-state index contributed by atoms with van der Waals surface area (Å²) in [6.45, 7) is 2.06. The third kappa shape index (κ3) is 3.95. The minimum absolute atomic E-state index is 0.0342. The number of aryl methyl sites for hydroxylation is 1. The first-order valence-electron chi connectivity index (χ1n) is 5.57. The predicted octanol–water partition coefficient (Wildman–Crippen LogP) is 1.83. The molecule has 0 unspecified atom stereocenters. The molecule has 0 saturated heterocycles. The maximum Gasteiger partial charge on any atom is 0.305 e. The Morgan fingerprint density at radius 1 is 1.33 bits per heavy atom. The third-order valence-corrected chi connectivity index (χ3v) is 2.45. The molecule has 0 atom stereocenters. The van der Waals surface area contributed by atoms with E-state index < -0.39 is 5.97 Å². The van der Waals surface area contributed by atoms with E-state index in [-0.39, 0.29) is 25.3 Å². The van der Waals surface area contributed by atoms with Crippen molar-refractivity contribution in [1.82, 2.24) is 0 Å². The molecule has 1 amide bonds. The highest BCUT2D eigenvalue weighted by Crippen LogP contribution is 2.16. The van der Waals surface area contributed by atoms with E-state index in [2.05, 4.69) is 5.92 Å². The van der Waals surface area contributed by atoms with Crippen LogP contribution in [0.5, 0.6) is 0 Å². The van der Waals surface area contributed by atoms with Gasteiger partial charge in [-0.3, -0.25) is 9.59 Å². The normalized spacial score (nSPS) is 9.56. The predicted molar refractivity (Wildman–Crippen MR) is 69.2 cm³/mol. The number of rotatable bonds is 5. The number of benzene rings is 1. The van der Waals surface area contributed by atoms with Gasteiger partial charge in [-0.2, -0.15) is 0 Å². The number of nitrogens with zero attached hydrogens (tertiary/aromatic N) is 1. The Morgan fingerprint density at radius 2 is 1.94 bits per heavy atom. The van der Waals surface area contributed by atoms with Gasteiger partial charge in [0.25, 0.3) is 0 Å². The number of anilines is 1. The molecule has 4 nitrogen and oxygen atoms in total. The van der Waals surface area contributed by atoms with Crippen LogP contribution >= 0.6 is 0 Å². The fraction of sp³-hybridized carbons (Fsp3) is 0.286. The summed E-state index contributed by atoms with van der Waals surface area (Å²) >= 11 is 0. The first-order chi connectivity index (χ1) is 8.54. The summed E-state index contributed by atoms with van der Waals surface area (Å²) in [6, 6.07) is 7.30. The zero-order valence-corrected chi connectivity index (χ0v) is 10.2. The molecule has 1 rings (SSSR count). The monoisotopic (exact) mass is 245 g/mol. The topological polar surface area (TPSA) is 57.6 Å². The number of carbonyl (C=O) groups excluding carboxylic acids is 1. The molecule has 1 aromatic rings. The van der Waals surface area contributed by atoms with Gasteiger partial charge in [-0.25, -0.2) is 0 Å². The van der Waals surface area contributed by atoms with Crippen molar-refractivity contribution in [2.45, 2.75) is 19.8 Å². The first kappa shape index (κ1) is 13.8. The van der Waals surface area contributed by atoms with E-state index in [9.17, 15) is 9.59 Å². The van der Waals surface area contributed by atoms with Crippen LogP contribution in [-0.4, -0.2) is 23.5 Å². The molecule has 18 heavy (non-hydrogen) atoms. The Labute approximate surface area is 106 Å². The molecule has 0 saturated carbocycles. The van der Waals surface area contributed by atoms with Crippen LogP contribution in [0.4, 0.5) is 5.69 Å². The van der Waals surface area contributed by atoms with Crippen molar-refractivity contribution in [3.63, 3.8) is 0 Å². The molecule has 0 spiro atoms. The fourth-order valence-electron chi connectivity index (χ4n) is 1.51. The highest BCUT2D eigenvalue weighted by Gasteiger charge is 2.15. The molecule has 0 aromatic heterocycles. The number of hydrogen-bond acceptors (Lipinski definition) is 2. The maximum absolute atomic E-state index is 11.8. The molecule has 0 fully saturated rings. The van der Waals surface area contributed by atoms with Crippen molar-refractivity contribution >= 4 is 17.6 Å². The van der Waals surface area contributed by atoms with Gasteiger partial charge in [0.15, 0.2) is 0 Å². The van der Waals surface area contributed by atoms with Gasteiger partial charge in [-0.15, -0.1) is 6.42 Å². The van der Waals surface area contributed by atoms with Crippen molar-refractivity contribution in [3.05, 3.63) is 29.8 Å². The molecule has 94 valence electrons. The quantitative estimate of drug-likeness (QED) is 0.805. The van der Waals surface area contributed by atoms with Gasteiger partial charge in [0.05, 0.1) is 12.8 Å². The summed E-state index contributed by atoms with van der Waals surface area (Å²) in [5.74, 6) is 1.07. The summed E-state index contributed by atoms with van der Waals surface area (Å²) in [7, 11) is 0. The zero-order chi connectivity index (χ0) is 13.5. The molecule has 0 heterocycles. The molecular formula is C14H15NO3. The van der Waals surface area contributed by atoms with Crippen LogP contribution in [-0.2, 0) is 9.59 Å². The van der Waals surface area contributed by atoms with Gasteiger partial charge < -0.3 is 10.0 Å². The van der Waals surface area contributed by atoms with Crippen molar-refractivity contribution in [3.8, 4) is 12.3 Å². The van der Waals surface area contributed by atoms with Crippen LogP contribution in [0.15, 0.2) is 24.3 Å². The smallest absolute Gasteiger partial charge is 0.305 e. The molecule has 4 heteroatoms. The van der Waals surface area contributed by atoms with E-state index in [1.54, 1.807) is 12.1 Å². The van der Waals surface area contributed by atoms with Gasteiger partial charge in [0.2, 0.25) is 5.91 Å². The number of aliphatic carboxylic acids is 1. The second-order valence-electron chi connectivity index (χ2n) is 3.91. The van der Waals surface area contributed by atoms with Gasteiger partial charge in [0, 0.05) is 12.2 Å². The van der Waals surface area contributed by atoms with E-state index in [1.807, 2.05) is 19.1 Å². The fourth-order valence-corrected chi connectivity index (χ4v) is 1.51. The maximum atomic E-state index is 11.8. The molecule has 0 aliphatic heterocycles. The lowest BCUT2D eigenvalue weighted by atomic mass is 10.2. The molecule has 1 aromatic carbocycles. The number of hydrogen-bond donors (Lipinski definition) is 1. The van der Waals surface area contributed by atoms with Gasteiger partial charge in [0.1, 0.15) is 0 Å². The van der Waals surface area contributed by atoms with Gasteiger partial charge in [-0.05, 0) is 19.1 Å². The van der Waals surface area contributed by atoms with E-state index in [0.29, 0.717) is 5.69 Å². The largest absolute Gasteiger partial charge is 0.481 e. The first-order valence-corrected chi connectivity index (χ1v) is 5.57. The van der Waals surface area contributed by atoms with Crippen LogP contribution in [0.1, 0.15) is 18.4 Å². The number of carbonyl (C=O) groups is 2. The van der Waals surface area contributed by atoms with Crippen LogP contribution in [0.2, 0.25) is 0 Å². The summed E-state index contributed by atoms with van der Waals surface area (Å²) in [6.07, 6.45) is 4.97. The van der Waals surface area contributed by atoms with Crippen molar-refractivity contribution < 1.29 is 14.7 Å². The Bertz CT molecular complexity index is 471. The SMILES string of the molecule is C#CCC(=O)N(CCC(=O)O)c1ccc(C)cc1. The lowest BCUT2D eigenvalue weighted by molar-refractivity contribution is -0.136. The highest BCUT2D eigenvalue weighted by molar-refractivity contribution is 5.95. The zero-order valence-electron chi connectivity index (χ0n) is 10.2. The number of carboxylic acids is 1. The number of terminal acetylenes is 1. The average Bonchev–Trinajstić information content (AvgIpc) is 2.31. The van der Waals surface area contributed by atoms with Crippen molar-refractivity contribution in [1.29, 1.82) is 0 Å². The van der Waals surface area contributed by atoms with Gasteiger partial charge >= 0.3 is 5.97 Å². The van der Waals surface area contributed by atoms with E-state index >= 15 is 0 Å². The van der Waals surface area contributed by atoms with Gasteiger partial charge in [-0.1, -0.05) is 23.6 Å². The Hall–Kier alpha value is -2.28. The summed E-state index contributed by atoms with van der Waals surface area (Å²) in [5.41, 5.74) is 1.74. The summed E-state index contributed by atoms with van der Waals surface area (Å²) in [4.78, 5) is 23.8. The standard InChI is InChI=1S/C14H15NO3/c1-3-4-13(16)15(10-9-14(17)18)12-7-5-11(2)6-8-12/h1,5-8H,4,9-10H2,2H3,(H,17,18). The van der Waals surface area contributed by atoms with Crippen LogP contribution in [0, 0.1) is 19.3 Å². The minimum atomic E-state index is -0.944. The summed E-state index contributed by atoms with van der Waals surface area (Å²) in [5, 5.41) is 8.69. The molecule has 0 aliphatic rings. The van der Waals surface area contributed by atoms with Crippen LogP contribution < -0.4 is 4.90 Å². The molecule has 1 N–H and O–H groups in total. The Balaban J connectivity index is 2.89. The van der Waals surface area contributed by atoms with Crippen LogP contribution in [0.25, 0.3) is 0 Å². The van der Waals surface area contributed by atoms with E-state index in [1.165, 1.54) is 4.90 Å². The molecular weight excluding hydrogens is 230 g/mol. The number of carboxylic acid groups (broad SMARTS) is 1. The lowest BCUT2D eigenvalue weighted by Crippen LogP contribution is -2.32. The number of amides is 1. The molecule has 0 aliphatic carbocycles. The van der Waals surface area contributed by atoms with E-state index in [0.717, 1.165) is 5.56 Å². The summed E-state index contributed by atoms with van der Waals surface area (Å²) < 4.78 is 0. The second-order valence-corrected chi connectivity index (χ2v) is 3.91. The van der Waals surface area contributed by atoms with E-state index in [4.69, 9.17) is 11.5 Å². The van der Waals surface area contributed by atoms with Crippen LogP contribution in [0.3, 0.4) is 0 Å². The molecule has 0 bridgehead atoms. The Kier molecular flexibility index (Phi) is 4.94. The van der Waals surface area contributed by atoms with Crippen molar-refractivity contribution in [2.75, 3.05) is 11.4 Å². The lowest BCUT2D eigenvalue weighted by Gasteiger charge is -2.21. The average molecular weight is 245 g/mol. The third-order valence-electron chi connectivity index (χ3n) is 2.45. The minimum Gasteiger partial charge on any atom is -0.481 e. The second kappa shape index (κ2) is 6.45. The highest BCUT2D eigenvalue weighted by atomic mass is 16.4. The Morgan fingerprint density at radius 3 is 2.44 bits per heavy atom. The molecule has 0 radical (unpaired) electrons.